The van der Waals surface area contributed by atoms with Gasteiger partial charge in [-0.2, -0.15) is 0 Å². The van der Waals surface area contributed by atoms with E-state index in [-0.39, 0.29) is 5.56 Å². The van der Waals surface area contributed by atoms with Crippen LogP contribution < -0.4 is 0 Å². The summed E-state index contributed by atoms with van der Waals surface area (Å²) in [7, 11) is 1.46. The quantitative estimate of drug-likeness (QED) is 0.861. The van der Waals surface area contributed by atoms with Crippen LogP contribution in [0.4, 0.5) is 8.78 Å². The molecule has 4 heteroatoms. The molecule has 0 amide bonds. The molecule has 1 aromatic rings. The molecule has 90 valence electrons. The van der Waals surface area contributed by atoms with E-state index in [0.29, 0.717) is 6.42 Å². The third kappa shape index (κ3) is 2.57. The Kier molecular flexibility index (Phi) is 3.99. The molecular formula is C12H16F2O2. The first-order chi connectivity index (χ1) is 7.42. The van der Waals surface area contributed by atoms with E-state index in [2.05, 4.69) is 0 Å². The smallest absolute Gasteiger partial charge is 0.126 e. The maximum atomic E-state index is 13.0. The van der Waals surface area contributed by atoms with Crippen molar-refractivity contribution in [3.8, 4) is 0 Å². The van der Waals surface area contributed by atoms with Gasteiger partial charge in [0.1, 0.15) is 17.7 Å². The second-order valence-corrected chi connectivity index (χ2v) is 3.98. The molecule has 2 unspecified atom stereocenters. The van der Waals surface area contributed by atoms with Gasteiger partial charge in [0.05, 0.1) is 5.60 Å². The zero-order valence-electron chi connectivity index (χ0n) is 9.63. The molecular weight excluding hydrogens is 214 g/mol. The molecule has 0 radical (unpaired) electrons. The van der Waals surface area contributed by atoms with Crippen LogP contribution in [-0.2, 0) is 4.74 Å². The lowest BCUT2D eigenvalue weighted by Gasteiger charge is -2.32. The fraction of sp³-hybridized carbons (Fsp3) is 0.500. The second-order valence-electron chi connectivity index (χ2n) is 3.98. The van der Waals surface area contributed by atoms with E-state index in [1.165, 1.54) is 7.11 Å². The zero-order valence-corrected chi connectivity index (χ0v) is 9.63. The molecule has 0 spiro atoms. The van der Waals surface area contributed by atoms with Crippen molar-refractivity contribution in [1.29, 1.82) is 0 Å². The normalized spacial score (nSPS) is 16.9. The van der Waals surface area contributed by atoms with Crippen LogP contribution in [0.3, 0.4) is 0 Å². The number of aliphatic hydroxyl groups is 1. The van der Waals surface area contributed by atoms with Crippen molar-refractivity contribution in [2.24, 2.45) is 0 Å². The van der Waals surface area contributed by atoms with Crippen molar-refractivity contribution in [2.45, 2.75) is 32.0 Å². The lowest BCUT2D eigenvalue weighted by molar-refractivity contribution is -0.0945. The van der Waals surface area contributed by atoms with E-state index in [1.807, 2.05) is 6.92 Å². The first kappa shape index (κ1) is 13.1. The third-order valence-electron chi connectivity index (χ3n) is 2.95. The molecule has 1 aromatic carbocycles. The molecule has 0 aliphatic heterocycles. The molecule has 0 heterocycles. The standard InChI is InChI=1S/C12H16F2O2/c1-4-12(2,16-3)11(15)8-5-9(13)7-10(14)6-8/h5-7,11,15H,4H2,1-3H3. The van der Waals surface area contributed by atoms with Gasteiger partial charge in [-0.25, -0.2) is 8.78 Å². The summed E-state index contributed by atoms with van der Waals surface area (Å²) >= 11 is 0. The minimum Gasteiger partial charge on any atom is -0.385 e. The Morgan fingerprint density at radius 1 is 1.31 bits per heavy atom. The summed E-state index contributed by atoms with van der Waals surface area (Å²) in [6, 6.07) is 2.99. The largest absolute Gasteiger partial charge is 0.385 e. The molecule has 1 rings (SSSR count). The molecule has 2 nitrogen and oxygen atoms in total. The Morgan fingerprint density at radius 2 is 1.81 bits per heavy atom. The van der Waals surface area contributed by atoms with Crippen molar-refractivity contribution < 1.29 is 18.6 Å². The van der Waals surface area contributed by atoms with Gasteiger partial charge in [0, 0.05) is 13.2 Å². The van der Waals surface area contributed by atoms with Crippen molar-refractivity contribution >= 4 is 0 Å². The van der Waals surface area contributed by atoms with Crippen LogP contribution in [0.25, 0.3) is 0 Å². The van der Waals surface area contributed by atoms with Gasteiger partial charge in [0.2, 0.25) is 0 Å². The van der Waals surface area contributed by atoms with Crippen LogP contribution in [-0.4, -0.2) is 17.8 Å². The van der Waals surface area contributed by atoms with E-state index < -0.39 is 23.3 Å². The lowest BCUT2D eigenvalue weighted by Crippen LogP contribution is -2.34. The predicted octanol–water partition coefficient (Wildman–Crippen LogP) is 2.81. The highest BCUT2D eigenvalue weighted by Crippen LogP contribution is 2.32. The maximum Gasteiger partial charge on any atom is 0.126 e. The first-order valence-electron chi connectivity index (χ1n) is 5.12. The second kappa shape index (κ2) is 4.89. The molecule has 0 aliphatic carbocycles. The third-order valence-corrected chi connectivity index (χ3v) is 2.95. The highest BCUT2D eigenvalue weighted by atomic mass is 19.1. The minimum absolute atomic E-state index is 0.184. The molecule has 0 bridgehead atoms. The summed E-state index contributed by atoms with van der Waals surface area (Å²) in [6.45, 7) is 3.53. The number of hydrogen-bond acceptors (Lipinski definition) is 2. The molecule has 2 atom stereocenters. The van der Waals surface area contributed by atoms with Gasteiger partial charge in [0.25, 0.3) is 0 Å². The Bertz CT molecular complexity index is 342. The lowest BCUT2D eigenvalue weighted by atomic mass is 9.90. The fourth-order valence-corrected chi connectivity index (χ4v) is 1.53. The molecule has 16 heavy (non-hydrogen) atoms. The Labute approximate surface area is 93.9 Å². The van der Waals surface area contributed by atoms with Gasteiger partial charge in [-0.05, 0) is 31.0 Å². The van der Waals surface area contributed by atoms with Crippen LogP contribution in [0.5, 0.6) is 0 Å². The molecule has 0 aliphatic rings. The summed E-state index contributed by atoms with van der Waals surface area (Å²) < 4.78 is 31.2. The number of methoxy groups -OCH3 is 1. The SMILES string of the molecule is CCC(C)(OC)C(O)c1cc(F)cc(F)c1. The maximum absolute atomic E-state index is 13.0. The fourth-order valence-electron chi connectivity index (χ4n) is 1.53. The van der Waals surface area contributed by atoms with E-state index in [0.717, 1.165) is 18.2 Å². The van der Waals surface area contributed by atoms with Crippen molar-refractivity contribution in [2.75, 3.05) is 7.11 Å². The van der Waals surface area contributed by atoms with Gasteiger partial charge in [0.15, 0.2) is 0 Å². The molecule has 0 saturated heterocycles. The van der Waals surface area contributed by atoms with Crippen LogP contribution in [0.1, 0.15) is 31.9 Å². The number of rotatable bonds is 4. The average molecular weight is 230 g/mol. The van der Waals surface area contributed by atoms with Gasteiger partial charge < -0.3 is 9.84 Å². The van der Waals surface area contributed by atoms with Crippen molar-refractivity contribution in [1.82, 2.24) is 0 Å². The monoisotopic (exact) mass is 230 g/mol. The van der Waals surface area contributed by atoms with Crippen LogP contribution in [0, 0.1) is 11.6 Å². The summed E-state index contributed by atoms with van der Waals surface area (Å²) in [5.74, 6) is -1.41. The van der Waals surface area contributed by atoms with E-state index >= 15 is 0 Å². The molecule has 1 N–H and O–H groups in total. The first-order valence-corrected chi connectivity index (χ1v) is 5.12. The van der Waals surface area contributed by atoms with Gasteiger partial charge >= 0.3 is 0 Å². The van der Waals surface area contributed by atoms with Gasteiger partial charge in [-0.1, -0.05) is 6.92 Å². The van der Waals surface area contributed by atoms with Crippen LogP contribution >= 0.6 is 0 Å². The molecule has 0 fully saturated rings. The number of benzene rings is 1. The zero-order chi connectivity index (χ0) is 12.3. The van der Waals surface area contributed by atoms with Gasteiger partial charge in [-0.3, -0.25) is 0 Å². The minimum atomic E-state index is -1.06. The Balaban J connectivity index is 3.08. The van der Waals surface area contributed by atoms with E-state index in [4.69, 9.17) is 4.74 Å². The highest BCUT2D eigenvalue weighted by molar-refractivity contribution is 5.22. The summed E-state index contributed by atoms with van der Waals surface area (Å²) in [4.78, 5) is 0. The summed E-state index contributed by atoms with van der Waals surface area (Å²) in [5.41, 5.74) is -0.663. The molecule has 0 aromatic heterocycles. The number of hydrogen-bond donors (Lipinski definition) is 1. The van der Waals surface area contributed by atoms with E-state index in [9.17, 15) is 13.9 Å². The highest BCUT2D eigenvalue weighted by Gasteiger charge is 2.32. The number of aliphatic hydroxyl groups excluding tert-OH is 1. The predicted molar refractivity (Wildman–Crippen MR) is 57.0 cm³/mol. The number of ether oxygens (including phenoxy) is 1. The molecule has 0 saturated carbocycles. The summed E-state index contributed by atoms with van der Waals surface area (Å²) in [6.07, 6.45) is -0.532. The topological polar surface area (TPSA) is 29.5 Å². The van der Waals surface area contributed by atoms with E-state index in [1.54, 1.807) is 6.92 Å². The Hall–Kier alpha value is -1.00. The summed E-state index contributed by atoms with van der Waals surface area (Å²) in [5, 5.41) is 10.0. The van der Waals surface area contributed by atoms with Crippen LogP contribution in [0.15, 0.2) is 18.2 Å². The van der Waals surface area contributed by atoms with Crippen LogP contribution in [0.2, 0.25) is 0 Å². The average Bonchev–Trinajstić information content (AvgIpc) is 2.25. The van der Waals surface area contributed by atoms with Crippen molar-refractivity contribution in [3.63, 3.8) is 0 Å². The number of halogens is 2. The Morgan fingerprint density at radius 3 is 2.19 bits per heavy atom. The van der Waals surface area contributed by atoms with Crippen molar-refractivity contribution in [3.05, 3.63) is 35.4 Å². The van der Waals surface area contributed by atoms with Gasteiger partial charge in [-0.15, -0.1) is 0 Å².